The highest BCUT2D eigenvalue weighted by molar-refractivity contribution is 5.30. The first-order valence-corrected chi connectivity index (χ1v) is 10.8. The Hall–Kier alpha value is -2.80. The van der Waals surface area contributed by atoms with Gasteiger partial charge >= 0.3 is 0 Å². The van der Waals surface area contributed by atoms with E-state index in [1.165, 1.54) is 10.6 Å². The number of fused-ring (bicyclic) bond motifs is 1. The van der Waals surface area contributed by atoms with Gasteiger partial charge in [-0.2, -0.15) is 9.50 Å². The van der Waals surface area contributed by atoms with Crippen LogP contribution in [0.4, 0.5) is 4.39 Å². The average molecular weight is 407 g/mol. The molecule has 2 unspecified atom stereocenters. The molecule has 7 heteroatoms. The smallest absolute Gasteiger partial charge is 0.275 e. The summed E-state index contributed by atoms with van der Waals surface area (Å²) in [5.74, 6) is 1.71. The molecule has 3 aromatic rings. The fourth-order valence-corrected chi connectivity index (χ4v) is 4.66. The predicted octanol–water partition coefficient (Wildman–Crippen LogP) is 3.45. The van der Waals surface area contributed by atoms with Crippen molar-refractivity contribution in [2.45, 2.75) is 44.6 Å². The Morgan fingerprint density at radius 3 is 2.97 bits per heavy atom. The Bertz CT molecular complexity index is 1130. The largest absolute Gasteiger partial charge is 0.326 e. The molecule has 1 aliphatic heterocycles. The number of aromatic amines is 1. The predicted molar refractivity (Wildman–Crippen MR) is 113 cm³/mol. The molecule has 5 rings (SSSR count). The molecule has 0 saturated carbocycles. The summed E-state index contributed by atoms with van der Waals surface area (Å²) >= 11 is 0. The molecule has 1 N–H and O–H groups in total. The lowest BCUT2D eigenvalue weighted by Crippen LogP contribution is -2.24. The number of hydrogen-bond donors (Lipinski definition) is 1. The van der Waals surface area contributed by atoms with Crippen molar-refractivity contribution < 1.29 is 4.39 Å². The van der Waals surface area contributed by atoms with Crippen LogP contribution >= 0.6 is 0 Å². The van der Waals surface area contributed by atoms with Crippen LogP contribution in [0.15, 0.2) is 47.3 Å². The molecule has 0 amide bonds. The third-order valence-electron chi connectivity index (χ3n) is 6.22. The van der Waals surface area contributed by atoms with E-state index < -0.39 is 0 Å². The fourth-order valence-electron chi connectivity index (χ4n) is 4.66. The van der Waals surface area contributed by atoms with Gasteiger partial charge in [-0.25, -0.2) is 4.39 Å². The van der Waals surface area contributed by atoms with Crippen LogP contribution < -0.4 is 5.56 Å². The number of aromatic nitrogens is 4. The van der Waals surface area contributed by atoms with E-state index in [1.807, 2.05) is 12.1 Å². The van der Waals surface area contributed by atoms with Crippen LogP contribution in [0.2, 0.25) is 0 Å². The highest BCUT2D eigenvalue weighted by Crippen LogP contribution is 2.26. The lowest BCUT2D eigenvalue weighted by Gasteiger charge is -2.16. The van der Waals surface area contributed by atoms with E-state index in [0.717, 1.165) is 56.5 Å². The molecule has 0 bridgehead atoms. The maximum absolute atomic E-state index is 13.9. The molecule has 30 heavy (non-hydrogen) atoms. The molecule has 2 aliphatic rings. The molecule has 1 aliphatic carbocycles. The first-order valence-electron chi connectivity index (χ1n) is 10.8. The number of nitrogens with one attached hydrogen (secondary N) is 1. The van der Waals surface area contributed by atoms with Crippen molar-refractivity contribution in [2.75, 3.05) is 13.1 Å². The number of likely N-dealkylation sites (tertiary alicyclic amines) is 1. The number of halogens is 1. The summed E-state index contributed by atoms with van der Waals surface area (Å²) in [6.07, 6.45) is 9.33. The molecule has 2 aromatic heterocycles. The number of H-pyrrole nitrogens is 1. The van der Waals surface area contributed by atoms with Gasteiger partial charge in [0.1, 0.15) is 5.82 Å². The zero-order valence-electron chi connectivity index (χ0n) is 16.9. The first kappa shape index (κ1) is 19.2. The van der Waals surface area contributed by atoms with E-state index in [9.17, 15) is 9.18 Å². The molecular formula is C23H26FN5O. The van der Waals surface area contributed by atoms with Crippen molar-refractivity contribution in [1.82, 2.24) is 24.5 Å². The summed E-state index contributed by atoms with van der Waals surface area (Å²) < 4.78 is 15.3. The Morgan fingerprint density at radius 2 is 2.13 bits per heavy atom. The Kier molecular flexibility index (Phi) is 5.21. The zero-order valence-corrected chi connectivity index (χ0v) is 16.9. The number of benzene rings is 1. The lowest BCUT2D eigenvalue weighted by atomic mass is 9.95. The summed E-state index contributed by atoms with van der Waals surface area (Å²) in [4.78, 5) is 22.8. The van der Waals surface area contributed by atoms with Crippen molar-refractivity contribution in [1.29, 1.82) is 0 Å². The zero-order chi connectivity index (χ0) is 20.5. The second kappa shape index (κ2) is 8.14. The van der Waals surface area contributed by atoms with E-state index in [1.54, 1.807) is 12.1 Å². The molecule has 0 radical (unpaired) electrons. The highest BCUT2D eigenvalue weighted by atomic mass is 19.1. The quantitative estimate of drug-likeness (QED) is 0.658. The maximum Gasteiger partial charge on any atom is 0.275 e. The highest BCUT2D eigenvalue weighted by Gasteiger charge is 2.24. The van der Waals surface area contributed by atoms with Crippen LogP contribution in [-0.2, 0) is 13.0 Å². The summed E-state index contributed by atoms with van der Waals surface area (Å²) in [6.45, 7) is 2.49. The van der Waals surface area contributed by atoms with Gasteiger partial charge in [0.05, 0.1) is 0 Å². The molecule has 2 atom stereocenters. The Labute approximate surface area is 174 Å². The Morgan fingerprint density at radius 1 is 1.23 bits per heavy atom. The van der Waals surface area contributed by atoms with Gasteiger partial charge in [-0.3, -0.25) is 9.69 Å². The van der Waals surface area contributed by atoms with Gasteiger partial charge in [0.25, 0.3) is 5.56 Å². The molecular weight excluding hydrogens is 381 g/mol. The summed E-state index contributed by atoms with van der Waals surface area (Å²) in [5, 5.41) is 4.44. The third-order valence-corrected chi connectivity index (χ3v) is 6.22. The minimum atomic E-state index is -0.153. The van der Waals surface area contributed by atoms with Crippen molar-refractivity contribution >= 4 is 5.78 Å². The van der Waals surface area contributed by atoms with Crippen molar-refractivity contribution in [3.05, 3.63) is 75.7 Å². The first-order chi connectivity index (χ1) is 14.7. The molecule has 156 valence electrons. The minimum Gasteiger partial charge on any atom is -0.326 e. The topological polar surface area (TPSA) is 66.3 Å². The second-order valence-electron chi connectivity index (χ2n) is 8.49. The van der Waals surface area contributed by atoms with Gasteiger partial charge in [0.2, 0.25) is 5.78 Å². The normalized spacial score (nSPS) is 22.2. The molecule has 1 aromatic carbocycles. The van der Waals surface area contributed by atoms with Gasteiger partial charge in [-0.15, -0.1) is 5.10 Å². The monoisotopic (exact) mass is 407 g/mol. The van der Waals surface area contributed by atoms with Crippen molar-refractivity contribution in [3.8, 4) is 0 Å². The number of nitrogens with zero attached hydrogens (tertiary/aromatic N) is 4. The minimum absolute atomic E-state index is 0.124. The molecule has 6 nitrogen and oxygen atoms in total. The van der Waals surface area contributed by atoms with Crippen LogP contribution in [0.25, 0.3) is 5.78 Å². The van der Waals surface area contributed by atoms with Gasteiger partial charge < -0.3 is 4.98 Å². The van der Waals surface area contributed by atoms with E-state index in [4.69, 9.17) is 0 Å². The van der Waals surface area contributed by atoms with E-state index in [2.05, 4.69) is 32.1 Å². The summed E-state index contributed by atoms with van der Waals surface area (Å²) in [5.41, 5.74) is 1.48. The van der Waals surface area contributed by atoms with E-state index in [-0.39, 0.29) is 17.3 Å². The van der Waals surface area contributed by atoms with Gasteiger partial charge in [0, 0.05) is 30.8 Å². The average Bonchev–Trinajstić information content (AvgIpc) is 3.38. The lowest BCUT2D eigenvalue weighted by molar-refractivity contribution is 0.312. The van der Waals surface area contributed by atoms with E-state index in [0.29, 0.717) is 24.1 Å². The summed E-state index contributed by atoms with van der Waals surface area (Å²) in [6, 6.07) is 8.63. The van der Waals surface area contributed by atoms with Crippen molar-refractivity contribution in [3.63, 3.8) is 0 Å². The molecule has 3 heterocycles. The second-order valence-corrected chi connectivity index (χ2v) is 8.49. The van der Waals surface area contributed by atoms with Crippen LogP contribution in [0, 0.1) is 11.7 Å². The SMILES string of the molecule is O=c1cc(CN2CCC(Cc3ccccc3F)C2)[nH]c2nc(C3C=CCCC3)nn12. The third kappa shape index (κ3) is 3.94. The Balaban J connectivity index is 1.28. The van der Waals surface area contributed by atoms with Crippen LogP contribution in [-0.4, -0.2) is 37.6 Å². The molecule has 0 spiro atoms. The molecule has 1 fully saturated rings. The van der Waals surface area contributed by atoms with Crippen molar-refractivity contribution in [2.24, 2.45) is 5.92 Å². The number of allylic oxidation sites excluding steroid dienone is 2. The van der Waals surface area contributed by atoms with Gasteiger partial charge in [-0.1, -0.05) is 30.4 Å². The maximum atomic E-state index is 13.9. The number of rotatable bonds is 5. The van der Waals surface area contributed by atoms with Crippen LogP contribution in [0.3, 0.4) is 0 Å². The fraction of sp³-hybridized carbons (Fsp3) is 0.435. The number of hydrogen-bond acceptors (Lipinski definition) is 4. The molecule has 1 saturated heterocycles. The van der Waals surface area contributed by atoms with Gasteiger partial charge in [0.15, 0.2) is 5.82 Å². The standard InChI is InChI=1S/C23H26FN5O/c24-20-9-5-4-8-18(20)12-16-10-11-28(14-16)15-19-13-21(30)29-23(25-19)26-22(27-29)17-6-2-1-3-7-17/h2,4-6,8-9,13,16-17H,1,3,7,10-12,14-15H2,(H,25,26,27). The van der Waals surface area contributed by atoms with Gasteiger partial charge in [-0.05, 0) is 56.2 Å². The van der Waals surface area contributed by atoms with Crippen LogP contribution in [0.1, 0.15) is 48.7 Å². The summed E-state index contributed by atoms with van der Waals surface area (Å²) in [7, 11) is 0. The van der Waals surface area contributed by atoms with E-state index >= 15 is 0 Å². The van der Waals surface area contributed by atoms with Crippen LogP contribution in [0.5, 0.6) is 0 Å².